The predicted octanol–water partition coefficient (Wildman–Crippen LogP) is 1.65. The first-order valence-electron chi connectivity index (χ1n) is 4.72. The second kappa shape index (κ2) is 2.04. The average molecular weight is 167 g/mol. The van der Waals surface area contributed by atoms with Crippen LogP contribution in [-0.4, -0.2) is 23.9 Å². The van der Waals surface area contributed by atoms with Crippen LogP contribution in [0.3, 0.4) is 0 Å². The number of amides is 1. The van der Waals surface area contributed by atoms with Crippen LogP contribution in [0.2, 0.25) is 0 Å². The van der Waals surface area contributed by atoms with Crippen LogP contribution in [0.5, 0.6) is 0 Å². The third-order valence-corrected chi connectivity index (χ3v) is 2.94. The summed E-state index contributed by atoms with van der Waals surface area (Å²) in [5.74, 6) is 0.319. The Balaban J connectivity index is 1.91. The topological polar surface area (TPSA) is 20.3 Å². The molecule has 0 aromatic carbocycles. The lowest BCUT2D eigenvalue weighted by Crippen LogP contribution is -2.54. The lowest BCUT2D eigenvalue weighted by atomic mass is 9.89. The molecule has 2 fully saturated rings. The van der Waals surface area contributed by atoms with E-state index < -0.39 is 0 Å². The fraction of sp³-hybridized carbons (Fsp3) is 0.900. The van der Waals surface area contributed by atoms with Crippen molar-refractivity contribution in [2.45, 2.75) is 33.6 Å². The fourth-order valence-electron chi connectivity index (χ4n) is 1.87. The van der Waals surface area contributed by atoms with Gasteiger partial charge in [0.25, 0.3) is 0 Å². The largest absolute Gasteiger partial charge is 0.341 e. The predicted molar refractivity (Wildman–Crippen MR) is 47.7 cm³/mol. The Hall–Kier alpha value is -0.530. The van der Waals surface area contributed by atoms with E-state index in [1.165, 1.54) is 12.8 Å². The quantitative estimate of drug-likeness (QED) is 0.537. The summed E-state index contributed by atoms with van der Waals surface area (Å²) in [6.07, 6.45) is 2.70. The summed E-state index contributed by atoms with van der Waals surface area (Å²) in [5, 5.41) is 0. The number of rotatable bonds is 0. The van der Waals surface area contributed by atoms with E-state index in [9.17, 15) is 4.79 Å². The van der Waals surface area contributed by atoms with Crippen molar-refractivity contribution in [2.75, 3.05) is 13.1 Å². The lowest BCUT2D eigenvalue weighted by Gasteiger charge is -2.43. The van der Waals surface area contributed by atoms with E-state index in [1.54, 1.807) is 0 Å². The molecule has 68 valence electrons. The number of hydrogen-bond acceptors (Lipinski definition) is 1. The molecule has 1 saturated carbocycles. The van der Waals surface area contributed by atoms with E-state index in [1.807, 2.05) is 25.7 Å². The zero-order valence-corrected chi connectivity index (χ0v) is 8.18. The SMILES string of the molecule is CC(C)(C)C(=O)N1CC2(CC2)C1. The molecule has 0 N–H and O–H groups in total. The maximum atomic E-state index is 11.7. The summed E-state index contributed by atoms with van der Waals surface area (Å²) in [6, 6.07) is 0. The van der Waals surface area contributed by atoms with Crippen molar-refractivity contribution >= 4 is 5.91 Å². The van der Waals surface area contributed by atoms with Crippen LogP contribution in [0.15, 0.2) is 0 Å². The highest BCUT2D eigenvalue weighted by Gasteiger charge is 2.54. The van der Waals surface area contributed by atoms with E-state index >= 15 is 0 Å². The van der Waals surface area contributed by atoms with E-state index in [2.05, 4.69) is 0 Å². The van der Waals surface area contributed by atoms with Gasteiger partial charge in [0.05, 0.1) is 0 Å². The van der Waals surface area contributed by atoms with Crippen molar-refractivity contribution < 1.29 is 4.79 Å². The molecule has 1 spiro atoms. The van der Waals surface area contributed by atoms with Crippen LogP contribution >= 0.6 is 0 Å². The van der Waals surface area contributed by atoms with Gasteiger partial charge in [-0.2, -0.15) is 0 Å². The van der Waals surface area contributed by atoms with Crippen molar-refractivity contribution in [2.24, 2.45) is 10.8 Å². The summed E-state index contributed by atoms with van der Waals surface area (Å²) in [6.45, 7) is 8.04. The van der Waals surface area contributed by atoms with Gasteiger partial charge in [-0.25, -0.2) is 0 Å². The van der Waals surface area contributed by atoms with Gasteiger partial charge in [-0.15, -0.1) is 0 Å². The zero-order valence-electron chi connectivity index (χ0n) is 8.18. The van der Waals surface area contributed by atoms with Crippen molar-refractivity contribution in [3.63, 3.8) is 0 Å². The first-order valence-corrected chi connectivity index (χ1v) is 4.72. The molecule has 1 aliphatic heterocycles. The molecule has 0 aromatic rings. The number of carbonyl (C=O) groups is 1. The molecular weight excluding hydrogens is 150 g/mol. The second-order valence-electron chi connectivity index (χ2n) is 5.41. The first-order chi connectivity index (χ1) is 5.43. The molecule has 1 aliphatic carbocycles. The Bertz CT molecular complexity index is 214. The van der Waals surface area contributed by atoms with Gasteiger partial charge in [0.1, 0.15) is 0 Å². The van der Waals surface area contributed by atoms with Gasteiger partial charge >= 0.3 is 0 Å². The van der Waals surface area contributed by atoms with E-state index in [4.69, 9.17) is 0 Å². The summed E-state index contributed by atoms with van der Waals surface area (Å²) >= 11 is 0. The van der Waals surface area contributed by atoms with E-state index in [0.717, 1.165) is 13.1 Å². The van der Waals surface area contributed by atoms with Crippen molar-refractivity contribution in [1.82, 2.24) is 4.90 Å². The molecule has 0 unspecified atom stereocenters. The molecule has 1 saturated heterocycles. The monoisotopic (exact) mass is 167 g/mol. The molecule has 12 heavy (non-hydrogen) atoms. The second-order valence-corrected chi connectivity index (χ2v) is 5.41. The van der Waals surface area contributed by atoms with Crippen molar-refractivity contribution in [1.29, 1.82) is 0 Å². The standard InChI is InChI=1S/C10H17NO/c1-9(2,3)8(12)11-6-10(7-11)4-5-10/h4-7H2,1-3H3. The molecule has 1 heterocycles. The van der Waals surface area contributed by atoms with E-state index in [0.29, 0.717) is 11.3 Å². The minimum atomic E-state index is -0.184. The van der Waals surface area contributed by atoms with Gasteiger partial charge in [-0.3, -0.25) is 4.79 Å². The van der Waals surface area contributed by atoms with Gasteiger partial charge in [-0.05, 0) is 12.8 Å². The maximum Gasteiger partial charge on any atom is 0.227 e. The summed E-state index contributed by atoms with van der Waals surface area (Å²) in [5.41, 5.74) is 0.414. The average Bonchev–Trinajstić information content (AvgIpc) is 2.58. The summed E-state index contributed by atoms with van der Waals surface area (Å²) < 4.78 is 0. The molecule has 0 aromatic heterocycles. The molecule has 0 bridgehead atoms. The highest BCUT2D eigenvalue weighted by atomic mass is 16.2. The van der Waals surface area contributed by atoms with Gasteiger partial charge < -0.3 is 4.90 Å². The molecular formula is C10H17NO. The molecule has 2 nitrogen and oxygen atoms in total. The molecule has 1 amide bonds. The van der Waals surface area contributed by atoms with Crippen LogP contribution in [-0.2, 0) is 4.79 Å². The van der Waals surface area contributed by atoms with Gasteiger partial charge in [0, 0.05) is 23.9 Å². The highest BCUT2D eigenvalue weighted by Crippen LogP contribution is 2.53. The summed E-state index contributed by atoms with van der Waals surface area (Å²) in [7, 11) is 0. The van der Waals surface area contributed by atoms with E-state index in [-0.39, 0.29) is 5.41 Å². The zero-order chi connectivity index (χ0) is 8.98. The van der Waals surface area contributed by atoms with Crippen LogP contribution < -0.4 is 0 Å². The van der Waals surface area contributed by atoms with Crippen LogP contribution in [0.1, 0.15) is 33.6 Å². The third-order valence-electron chi connectivity index (χ3n) is 2.94. The maximum absolute atomic E-state index is 11.7. The number of nitrogens with zero attached hydrogens (tertiary/aromatic N) is 1. The normalized spacial score (nSPS) is 25.4. The van der Waals surface area contributed by atoms with Gasteiger partial charge in [0.2, 0.25) is 5.91 Å². The Morgan fingerprint density at radius 3 is 2.08 bits per heavy atom. The number of likely N-dealkylation sites (tertiary alicyclic amines) is 1. The lowest BCUT2D eigenvalue weighted by molar-refractivity contribution is -0.147. The number of carbonyl (C=O) groups excluding carboxylic acids is 1. The third kappa shape index (κ3) is 1.13. The smallest absolute Gasteiger partial charge is 0.227 e. The number of hydrogen-bond donors (Lipinski definition) is 0. The van der Waals surface area contributed by atoms with Gasteiger partial charge in [-0.1, -0.05) is 20.8 Å². The molecule has 2 heteroatoms. The van der Waals surface area contributed by atoms with Crippen LogP contribution in [0, 0.1) is 10.8 Å². The van der Waals surface area contributed by atoms with Crippen molar-refractivity contribution in [3.8, 4) is 0 Å². The summed E-state index contributed by atoms with van der Waals surface area (Å²) in [4.78, 5) is 13.7. The molecule has 0 atom stereocenters. The van der Waals surface area contributed by atoms with Gasteiger partial charge in [0.15, 0.2) is 0 Å². The highest BCUT2D eigenvalue weighted by molar-refractivity contribution is 5.82. The van der Waals surface area contributed by atoms with Crippen LogP contribution in [0.4, 0.5) is 0 Å². The van der Waals surface area contributed by atoms with Crippen LogP contribution in [0.25, 0.3) is 0 Å². The Kier molecular flexibility index (Phi) is 1.37. The van der Waals surface area contributed by atoms with Crippen molar-refractivity contribution in [3.05, 3.63) is 0 Å². The molecule has 2 rings (SSSR count). The Morgan fingerprint density at radius 1 is 1.25 bits per heavy atom. The minimum absolute atomic E-state index is 0.184. The molecule has 2 aliphatic rings. The minimum Gasteiger partial charge on any atom is -0.341 e. The fourth-order valence-corrected chi connectivity index (χ4v) is 1.87. The molecule has 0 radical (unpaired) electrons. The first kappa shape index (κ1) is 8.09. The Morgan fingerprint density at radius 2 is 1.75 bits per heavy atom. The Labute approximate surface area is 73.9 Å².